The lowest BCUT2D eigenvalue weighted by atomic mass is 10.1. The first-order chi connectivity index (χ1) is 14.7. The molecule has 0 spiro atoms. The van der Waals surface area contributed by atoms with Gasteiger partial charge in [-0.05, 0) is 37.1 Å². The first-order valence-electron chi connectivity index (χ1n) is 9.54. The van der Waals surface area contributed by atoms with Gasteiger partial charge in [0.25, 0.3) is 0 Å². The lowest BCUT2D eigenvalue weighted by molar-refractivity contribution is -0.140. The van der Waals surface area contributed by atoms with Crippen LogP contribution in [0, 0.1) is 0 Å². The highest BCUT2D eigenvalue weighted by Crippen LogP contribution is 2.32. The van der Waals surface area contributed by atoms with Gasteiger partial charge < -0.3 is 14.2 Å². The van der Waals surface area contributed by atoms with E-state index in [1.165, 1.54) is 4.57 Å². The van der Waals surface area contributed by atoms with Crippen LogP contribution < -0.4 is 0 Å². The third kappa shape index (κ3) is 4.15. The summed E-state index contributed by atoms with van der Waals surface area (Å²) in [5, 5.41) is 10.6. The average molecular weight is 450 g/mol. The molecule has 3 aromatic heterocycles. The van der Waals surface area contributed by atoms with Crippen molar-refractivity contribution < 1.29 is 18.3 Å². The molecule has 0 aliphatic rings. The minimum absolute atomic E-state index is 0.104. The monoisotopic (exact) mass is 449 g/mol. The lowest BCUT2D eigenvalue weighted by Gasteiger charge is -2.12. The van der Waals surface area contributed by atoms with Crippen molar-refractivity contribution >= 4 is 22.6 Å². The predicted molar refractivity (Wildman–Crippen MR) is 111 cm³/mol. The Labute approximate surface area is 181 Å². The number of aromatic nitrogens is 5. The van der Waals surface area contributed by atoms with E-state index in [9.17, 15) is 18.3 Å². The summed E-state index contributed by atoms with van der Waals surface area (Å²) >= 11 is 5.92. The van der Waals surface area contributed by atoms with Crippen molar-refractivity contribution in [3.63, 3.8) is 0 Å². The Hall–Kier alpha value is -2.91. The van der Waals surface area contributed by atoms with Crippen molar-refractivity contribution in [2.24, 2.45) is 0 Å². The van der Waals surface area contributed by atoms with E-state index in [2.05, 4.69) is 15.0 Å². The van der Waals surface area contributed by atoms with Gasteiger partial charge >= 0.3 is 6.18 Å². The number of halogens is 4. The van der Waals surface area contributed by atoms with Crippen molar-refractivity contribution in [3.05, 3.63) is 65.0 Å². The lowest BCUT2D eigenvalue weighted by Crippen LogP contribution is -2.06. The van der Waals surface area contributed by atoms with Crippen LogP contribution in [-0.2, 0) is 19.3 Å². The Kier molecular flexibility index (Phi) is 5.49. The number of imidazole rings is 1. The zero-order valence-corrected chi connectivity index (χ0v) is 17.5. The SMILES string of the molecule is CC(C)n1cc(C(F)(F)F)nc1-c1ccc(Cn2c(CO)cc3cnc(Cl)nc32)cc1. The van der Waals surface area contributed by atoms with Gasteiger partial charge in [0.05, 0.1) is 6.61 Å². The second kappa shape index (κ2) is 7.97. The van der Waals surface area contributed by atoms with Crippen LogP contribution in [0.4, 0.5) is 13.2 Å². The molecule has 1 N–H and O–H groups in total. The molecular weight excluding hydrogens is 431 g/mol. The summed E-state index contributed by atoms with van der Waals surface area (Å²) in [5.74, 6) is 0.260. The molecule has 0 bridgehead atoms. The number of nitrogens with zero attached hydrogens (tertiary/aromatic N) is 5. The third-order valence-corrected chi connectivity index (χ3v) is 5.17. The first kappa shape index (κ1) is 21.3. The molecule has 31 heavy (non-hydrogen) atoms. The van der Waals surface area contributed by atoms with Gasteiger partial charge in [0.15, 0.2) is 5.69 Å². The molecule has 0 atom stereocenters. The average Bonchev–Trinajstić information content (AvgIpc) is 3.31. The molecule has 0 fully saturated rings. The van der Waals surface area contributed by atoms with E-state index in [0.717, 1.165) is 17.1 Å². The highest BCUT2D eigenvalue weighted by Gasteiger charge is 2.35. The second-order valence-corrected chi connectivity index (χ2v) is 7.78. The molecule has 0 saturated carbocycles. The molecule has 0 saturated heterocycles. The summed E-state index contributed by atoms with van der Waals surface area (Å²) in [6.45, 7) is 3.83. The van der Waals surface area contributed by atoms with Crippen LogP contribution in [0.3, 0.4) is 0 Å². The Bertz CT molecular complexity index is 1230. The number of fused-ring (bicyclic) bond motifs is 1. The molecule has 0 aliphatic heterocycles. The Morgan fingerprint density at radius 1 is 1.13 bits per heavy atom. The van der Waals surface area contributed by atoms with E-state index < -0.39 is 11.9 Å². The topological polar surface area (TPSA) is 68.8 Å². The summed E-state index contributed by atoms with van der Waals surface area (Å²) in [4.78, 5) is 12.0. The van der Waals surface area contributed by atoms with E-state index in [-0.39, 0.29) is 23.8 Å². The number of benzene rings is 1. The minimum Gasteiger partial charge on any atom is -0.390 e. The number of hydrogen-bond donors (Lipinski definition) is 1. The number of aliphatic hydroxyl groups is 1. The van der Waals surface area contributed by atoms with Crippen LogP contribution in [0.5, 0.6) is 0 Å². The molecule has 3 heterocycles. The second-order valence-electron chi connectivity index (χ2n) is 7.44. The van der Waals surface area contributed by atoms with Crippen molar-refractivity contribution in [2.75, 3.05) is 0 Å². The van der Waals surface area contributed by atoms with Crippen LogP contribution >= 0.6 is 11.6 Å². The molecule has 10 heteroatoms. The van der Waals surface area contributed by atoms with Crippen molar-refractivity contribution in [2.45, 2.75) is 39.2 Å². The van der Waals surface area contributed by atoms with Gasteiger partial charge in [0, 0.05) is 41.6 Å². The molecule has 162 valence electrons. The van der Waals surface area contributed by atoms with Crippen LogP contribution in [0.2, 0.25) is 5.28 Å². The van der Waals surface area contributed by atoms with Crippen molar-refractivity contribution in [3.8, 4) is 11.4 Å². The van der Waals surface area contributed by atoms with E-state index in [0.29, 0.717) is 23.4 Å². The van der Waals surface area contributed by atoms with Gasteiger partial charge in [0.2, 0.25) is 5.28 Å². The molecule has 0 radical (unpaired) electrons. The number of rotatable bonds is 5. The quantitative estimate of drug-likeness (QED) is 0.431. The van der Waals surface area contributed by atoms with Crippen LogP contribution in [0.1, 0.15) is 36.8 Å². The number of hydrogen-bond acceptors (Lipinski definition) is 4. The summed E-state index contributed by atoms with van der Waals surface area (Å²) in [6, 6.07) is 8.72. The van der Waals surface area contributed by atoms with Crippen molar-refractivity contribution in [1.82, 2.24) is 24.1 Å². The van der Waals surface area contributed by atoms with Gasteiger partial charge in [-0.1, -0.05) is 24.3 Å². The maximum atomic E-state index is 13.1. The van der Waals surface area contributed by atoms with E-state index >= 15 is 0 Å². The van der Waals surface area contributed by atoms with Gasteiger partial charge in [-0.2, -0.15) is 18.2 Å². The third-order valence-electron chi connectivity index (χ3n) is 4.98. The fourth-order valence-corrected chi connectivity index (χ4v) is 3.59. The van der Waals surface area contributed by atoms with Gasteiger partial charge in [-0.3, -0.25) is 0 Å². The van der Waals surface area contributed by atoms with Crippen molar-refractivity contribution in [1.29, 1.82) is 0 Å². The minimum atomic E-state index is -4.51. The Morgan fingerprint density at radius 2 is 1.84 bits per heavy atom. The smallest absolute Gasteiger partial charge is 0.390 e. The van der Waals surface area contributed by atoms with Gasteiger partial charge in [-0.25, -0.2) is 9.97 Å². The number of aliphatic hydroxyl groups excluding tert-OH is 1. The van der Waals surface area contributed by atoms with Crippen LogP contribution in [0.15, 0.2) is 42.7 Å². The summed E-state index contributed by atoms with van der Waals surface area (Å²) in [5.41, 5.74) is 1.80. The molecule has 0 unspecified atom stereocenters. The standard InChI is InChI=1S/C21H19ClF3N5O/c1-12(2)29-10-17(21(23,24)25)27-18(29)14-5-3-13(4-6-14)9-30-16(11-31)7-15-8-26-20(22)28-19(15)30/h3-8,10,12,31H,9,11H2,1-2H3. The summed E-state index contributed by atoms with van der Waals surface area (Å²) < 4.78 is 42.8. The van der Waals surface area contributed by atoms with Crippen LogP contribution in [0.25, 0.3) is 22.4 Å². The van der Waals surface area contributed by atoms with E-state index in [1.54, 1.807) is 38.2 Å². The fourth-order valence-electron chi connectivity index (χ4n) is 3.46. The highest BCUT2D eigenvalue weighted by molar-refractivity contribution is 6.28. The zero-order valence-electron chi connectivity index (χ0n) is 16.7. The van der Waals surface area contributed by atoms with Gasteiger partial charge in [0.1, 0.15) is 11.5 Å². The first-order valence-corrected chi connectivity index (χ1v) is 9.92. The van der Waals surface area contributed by atoms with E-state index in [4.69, 9.17) is 11.6 Å². The summed E-state index contributed by atoms with van der Waals surface area (Å²) in [6.07, 6.45) is -1.88. The zero-order chi connectivity index (χ0) is 22.3. The molecular formula is C21H19ClF3N5O. The maximum absolute atomic E-state index is 13.1. The highest BCUT2D eigenvalue weighted by atomic mass is 35.5. The molecule has 0 aliphatic carbocycles. The Morgan fingerprint density at radius 3 is 2.45 bits per heavy atom. The largest absolute Gasteiger partial charge is 0.434 e. The normalized spacial score (nSPS) is 12.3. The predicted octanol–water partition coefficient (Wildman–Crippen LogP) is 5.09. The molecule has 1 aromatic carbocycles. The molecule has 4 rings (SSSR count). The summed E-state index contributed by atoms with van der Waals surface area (Å²) in [7, 11) is 0. The van der Waals surface area contributed by atoms with E-state index in [1.807, 2.05) is 16.7 Å². The van der Waals surface area contributed by atoms with Gasteiger partial charge in [-0.15, -0.1) is 0 Å². The maximum Gasteiger partial charge on any atom is 0.434 e. The molecule has 0 amide bonds. The molecule has 6 nitrogen and oxygen atoms in total. The fraction of sp³-hybridized carbons (Fsp3) is 0.286. The van der Waals surface area contributed by atoms with Crippen LogP contribution in [-0.4, -0.2) is 29.2 Å². The number of alkyl halides is 3. The Balaban J connectivity index is 1.68. The molecule has 4 aromatic rings.